The highest BCUT2D eigenvalue weighted by molar-refractivity contribution is 8.00. The molecule has 100 valence electrons. The molecule has 1 aliphatic rings. The second kappa shape index (κ2) is 7.33. The standard InChI is InChI=1S/C13H19N2OS.HI/c1-3-4-8-15-12(16)10-17-13(15)11-6-5-7-14(2)9-11;/h5-7,9,13H,3-4,8,10H2,1-2H3;1H/q+1;/p-1. The summed E-state index contributed by atoms with van der Waals surface area (Å²) in [6.07, 6.45) is 6.34. The summed E-state index contributed by atoms with van der Waals surface area (Å²) >= 11 is 1.73. The predicted molar refractivity (Wildman–Crippen MR) is 69.4 cm³/mol. The first-order valence-corrected chi connectivity index (χ1v) is 7.13. The third-order valence-electron chi connectivity index (χ3n) is 2.97. The van der Waals surface area contributed by atoms with Crippen molar-refractivity contribution in [2.45, 2.75) is 25.1 Å². The smallest absolute Gasteiger partial charge is 0.233 e. The molecule has 1 aromatic rings. The Hall–Kier alpha value is -0.300. The Morgan fingerprint density at radius 2 is 2.33 bits per heavy atom. The van der Waals surface area contributed by atoms with Crippen LogP contribution in [0.4, 0.5) is 0 Å². The second-order valence-electron chi connectivity index (χ2n) is 4.41. The van der Waals surface area contributed by atoms with Crippen molar-refractivity contribution >= 4 is 17.7 Å². The highest BCUT2D eigenvalue weighted by atomic mass is 127. The Labute approximate surface area is 130 Å². The number of halogens is 1. The molecule has 1 atom stereocenters. The van der Waals surface area contributed by atoms with Crippen molar-refractivity contribution in [2.24, 2.45) is 7.05 Å². The fourth-order valence-corrected chi connectivity index (χ4v) is 3.26. The highest BCUT2D eigenvalue weighted by Gasteiger charge is 2.33. The SMILES string of the molecule is CCCCN1C(=O)CSC1c1ccc[n+](C)c1.[I-]. The fourth-order valence-electron chi connectivity index (χ4n) is 2.06. The van der Waals surface area contributed by atoms with Gasteiger partial charge in [0.1, 0.15) is 12.4 Å². The first-order valence-electron chi connectivity index (χ1n) is 6.08. The third kappa shape index (κ3) is 3.60. The zero-order valence-corrected chi connectivity index (χ0v) is 13.8. The Bertz CT molecular complexity index is 414. The topological polar surface area (TPSA) is 24.2 Å². The van der Waals surface area contributed by atoms with Gasteiger partial charge in [-0.2, -0.15) is 0 Å². The maximum Gasteiger partial charge on any atom is 0.233 e. The summed E-state index contributed by atoms with van der Waals surface area (Å²) in [5, 5.41) is 0.210. The molecule has 0 saturated carbocycles. The molecule has 5 heteroatoms. The van der Waals surface area contributed by atoms with Crippen LogP contribution >= 0.6 is 11.8 Å². The molecule has 0 N–H and O–H groups in total. The minimum atomic E-state index is 0. The van der Waals surface area contributed by atoms with Gasteiger partial charge < -0.3 is 28.9 Å². The summed E-state index contributed by atoms with van der Waals surface area (Å²) in [7, 11) is 2.02. The quantitative estimate of drug-likeness (QED) is 0.490. The van der Waals surface area contributed by atoms with Crippen molar-refractivity contribution in [3.63, 3.8) is 0 Å². The average Bonchev–Trinajstić information content (AvgIpc) is 2.68. The summed E-state index contributed by atoms with van der Waals surface area (Å²) in [4.78, 5) is 13.9. The molecule has 1 unspecified atom stereocenters. The average molecular weight is 378 g/mol. The Balaban J connectivity index is 0.00000162. The first-order chi connectivity index (χ1) is 8.22. The van der Waals surface area contributed by atoms with Gasteiger partial charge in [-0.15, -0.1) is 11.8 Å². The molecule has 0 aromatic carbocycles. The van der Waals surface area contributed by atoms with Crippen molar-refractivity contribution in [3.05, 3.63) is 30.1 Å². The Morgan fingerprint density at radius 1 is 1.56 bits per heavy atom. The molecule has 0 spiro atoms. The lowest BCUT2D eigenvalue weighted by Crippen LogP contribution is -3.00. The van der Waals surface area contributed by atoms with Crippen molar-refractivity contribution in [3.8, 4) is 0 Å². The maximum absolute atomic E-state index is 11.8. The van der Waals surface area contributed by atoms with Gasteiger partial charge in [0.05, 0.1) is 5.75 Å². The molecule has 0 aliphatic carbocycles. The first kappa shape index (κ1) is 15.8. The summed E-state index contributed by atoms with van der Waals surface area (Å²) in [6.45, 7) is 3.04. The number of aryl methyl sites for hydroxylation is 1. The lowest BCUT2D eigenvalue weighted by molar-refractivity contribution is -0.672. The highest BCUT2D eigenvalue weighted by Crippen LogP contribution is 2.37. The van der Waals surface area contributed by atoms with Crippen molar-refractivity contribution in [1.82, 2.24) is 4.90 Å². The lowest BCUT2D eigenvalue weighted by atomic mass is 10.2. The summed E-state index contributed by atoms with van der Waals surface area (Å²) in [6, 6.07) is 4.14. The van der Waals surface area contributed by atoms with Gasteiger partial charge in [0.15, 0.2) is 12.4 Å². The van der Waals surface area contributed by atoms with Gasteiger partial charge in [0.2, 0.25) is 5.91 Å². The van der Waals surface area contributed by atoms with E-state index in [0.717, 1.165) is 19.4 Å². The summed E-state index contributed by atoms with van der Waals surface area (Å²) < 4.78 is 2.04. The van der Waals surface area contributed by atoms with Crippen LogP contribution in [0.15, 0.2) is 24.5 Å². The van der Waals surface area contributed by atoms with Crippen molar-refractivity contribution < 1.29 is 33.3 Å². The molecule has 1 fully saturated rings. The molecular weight excluding hydrogens is 359 g/mol. The molecule has 1 aromatic heterocycles. The fraction of sp³-hybridized carbons (Fsp3) is 0.538. The van der Waals surface area contributed by atoms with E-state index in [9.17, 15) is 4.79 Å². The number of carbonyl (C=O) groups is 1. The van der Waals surface area contributed by atoms with Crippen LogP contribution in [0.2, 0.25) is 0 Å². The molecule has 0 bridgehead atoms. The third-order valence-corrected chi connectivity index (χ3v) is 4.22. The molecule has 1 aliphatic heterocycles. The van der Waals surface area contributed by atoms with Crippen LogP contribution in [-0.4, -0.2) is 23.1 Å². The van der Waals surface area contributed by atoms with Crippen molar-refractivity contribution in [2.75, 3.05) is 12.3 Å². The molecular formula is C13H19IN2OS. The molecule has 1 amide bonds. The number of carbonyl (C=O) groups excluding carboxylic acids is 1. The van der Waals surface area contributed by atoms with E-state index >= 15 is 0 Å². The van der Waals surface area contributed by atoms with Crippen LogP contribution in [0.1, 0.15) is 30.7 Å². The zero-order chi connectivity index (χ0) is 12.3. The van der Waals surface area contributed by atoms with Crippen LogP contribution in [0, 0.1) is 0 Å². The maximum atomic E-state index is 11.8. The van der Waals surface area contributed by atoms with E-state index < -0.39 is 0 Å². The van der Waals surface area contributed by atoms with Crippen LogP contribution in [0.25, 0.3) is 0 Å². The number of nitrogens with zero attached hydrogens (tertiary/aromatic N) is 2. The Kier molecular flexibility index (Phi) is 6.42. The van der Waals surface area contributed by atoms with Gasteiger partial charge in [-0.1, -0.05) is 13.3 Å². The normalized spacial score (nSPS) is 18.9. The molecule has 3 nitrogen and oxygen atoms in total. The monoisotopic (exact) mass is 378 g/mol. The number of aromatic nitrogens is 1. The van der Waals surface area contributed by atoms with Gasteiger partial charge in [-0.25, -0.2) is 4.57 Å². The largest absolute Gasteiger partial charge is 1.00 e. The van der Waals surface area contributed by atoms with E-state index in [1.165, 1.54) is 5.56 Å². The summed E-state index contributed by atoms with van der Waals surface area (Å²) in [5.74, 6) is 0.896. The number of amides is 1. The minimum Gasteiger partial charge on any atom is -1.00 e. The van der Waals surface area contributed by atoms with E-state index in [0.29, 0.717) is 5.75 Å². The van der Waals surface area contributed by atoms with E-state index in [1.807, 2.05) is 28.8 Å². The zero-order valence-electron chi connectivity index (χ0n) is 10.8. The number of unbranched alkanes of at least 4 members (excludes halogenated alkanes) is 1. The van der Waals surface area contributed by atoms with E-state index in [2.05, 4.69) is 19.2 Å². The van der Waals surface area contributed by atoms with Crippen LogP contribution in [0.3, 0.4) is 0 Å². The molecule has 2 heterocycles. The second-order valence-corrected chi connectivity index (χ2v) is 5.48. The number of rotatable bonds is 4. The predicted octanol–water partition coefficient (Wildman–Crippen LogP) is -1.11. The van der Waals surface area contributed by atoms with Crippen LogP contribution in [-0.2, 0) is 11.8 Å². The molecule has 1 saturated heterocycles. The number of thioether (sulfide) groups is 1. The minimum absolute atomic E-state index is 0. The lowest BCUT2D eigenvalue weighted by Gasteiger charge is -2.23. The number of pyridine rings is 1. The van der Waals surface area contributed by atoms with Gasteiger partial charge in [0, 0.05) is 18.2 Å². The van der Waals surface area contributed by atoms with Gasteiger partial charge in [0.25, 0.3) is 0 Å². The van der Waals surface area contributed by atoms with Crippen molar-refractivity contribution in [1.29, 1.82) is 0 Å². The van der Waals surface area contributed by atoms with Crippen LogP contribution < -0.4 is 28.5 Å². The number of hydrogen-bond donors (Lipinski definition) is 0. The van der Waals surface area contributed by atoms with E-state index in [-0.39, 0.29) is 35.3 Å². The van der Waals surface area contributed by atoms with Crippen LogP contribution in [0.5, 0.6) is 0 Å². The van der Waals surface area contributed by atoms with E-state index in [1.54, 1.807) is 11.8 Å². The van der Waals surface area contributed by atoms with Gasteiger partial charge >= 0.3 is 0 Å². The number of hydrogen-bond acceptors (Lipinski definition) is 2. The molecule has 2 rings (SSSR count). The van der Waals surface area contributed by atoms with E-state index in [4.69, 9.17) is 0 Å². The molecule has 0 radical (unpaired) electrons. The molecule has 18 heavy (non-hydrogen) atoms. The summed E-state index contributed by atoms with van der Waals surface area (Å²) in [5.41, 5.74) is 1.22. The Morgan fingerprint density at radius 3 is 3.00 bits per heavy atom. The van der Waals surface area contributed by atoms with Gasteiger partial charge in [-0.05, 0) is 12.5 Å². The van der Waals surface area contributed by atoms with Gasteiger partial charge in [-0.3, -0.25) is 4.79 Å².